The van der Waals surface area contributed by atoms with E-state index in [0.29, 0.717) is 31.6 Å². The van der Waals surface area contributed by atoms with Crippen LogP contribution in [0, 0.1) is 11.3 Å². The van der Waals surface area contributed by atoms with Gasteiger partial charge in [-0.3, -0.25) is 0 Å². The summed E-state index contributed by atoms with van der Waals surface area (Å²) in [6.45, 7) is 6.54. The van der Waals surface area contributed by atoms with Crippen molar-refractivity contribution in [1.82, 2.24) is 0 Å². The average molecular weight is 398 g/mol. The first kappa shape index (κ1) is 21.5. The molecule has 1 aliphatic rings. The largest absolute Gasteiger partial charge is 0.458 e. The van der Waals surface area contributed by atoms with Crippen molar-refractivity contribution >= 4 is 20.9 Å². The van der Waals surface area contributed by atoms with Crippen LogP contribution in [0.1, 0.15) is 44.7 Å². The molecule has 148 valence electrons. The SMILES string of the molecule is CC(C)(C)OC(=O)COC1CCN(c2ccc(C#N)c(C(F)(F)P)c2)CC1. The van der Waals surface area contributed by atoms with E-state index in [4.69, 9.17) is 14.7 Å². The molecule has 27 heavy (non-hydrogen) atoms. The zero-order chi connectivity index (χ0) is 20.2. The monoisotopic (exact) mass is 398 g/mol. The molecular formula is C19H25F2N2O3P. The van der Waals surface area contributed by atoms with Crippen LogP contribution in [0.25, 0.3) is 0 Å². The van der Waals surface area contributed by atoms with Crippen LogP contribution >= 0.6 is 9.24 Å². The first-order chi connectivity index (χ1) is 12.5. The van der Waals surface area contributed by atoms with Crippen molar-refractivity contribution in [3.8, 4) is 6.07 Å². The zero-order valence-corrected chi connectivity index (χ0v) is 17.0. The molecule has 0 amide bonds. The fourth-order valence-corrected chi connectivity index (χ4v) is 3.18. The van der Waals surface area contributed by atoms with Crippen LogP contribution in [0.15, 0.2) is 18.2 Å². The standard InChI is InChI=1S/C19H25F2N2O3P/c1-18(2,3)26-17(24)12-25-15-6-8-23(9-7-15)14-5-4-13(11-22)16(10-14)19(20,21)27/h4-5,10,15H,6-9,12,27H2,1-3H3. The van der Waals surface area contributed by atoms with Crippen LogP contribution < -0.4 is 4.90 Å². The van der Waals surface area contributed by atoms with Gasteiger partial charge in [-0.15, -0.1) is 0 Å². The van der Waals surface area contributed by atoms with Crippen LogP contribution in [0.5, 0.6) is 0 Å². The number of halogens is 2. The first-order valence-electron chi connectivity index (χ1n) is 8.79. The summed E-state index contributed by atoms with van der Waals surface area (Å²) in [7, 11) is 1.48. The summed E-state index contributed by atoms with van der Waals surface area (Å²) < 4.78 is 38.3. The van der Waals surface area contributed by atoms with E-state index >= 15 is 0 Å². The molecule has 0 radical (unpaired) electrons. The van der Waals surface area contributed by atoms with Gasteiger partial charge in [-0.1, -0.05) is 9.24 Å². The number of anilines is 1. The van der Waals surface area contributed by atoms with Crippen molar-refractivity contribution in [2.75, 3.05) is 24.6 Å². The van der Waals surface area contributed by atoms with Gasteiger partial charge in [0.2, 0.25) is 0 Å². The third kappa shape index (κ3) is 6.41. The highest BCUT2D eigenvalue weighted by Gasteiger charge is 2.30. The smallest absolute Gasteiger partial charge is 0.332 e. The molecule has 0 N–H and O–H groups in total. The van der Waals surface area contributed by atoms with E-state index < -0.39 is 17.2 Å². The van der Waals surface area contributed by atoms with Crippen molar-refractivity contribution in [3.05, 3.63) is 29.3 Å². The van der Waals surface area contributed by atoms with Crippen LogP contribution in [-0.4, -0.2) is 37.4 Å². The highest BCUT2D eigenvalue weighted by Crippen LogP contribution is 2.39. The molecule has 1 fully saturated rings. The van der Waals surface area contributed by atoms with Crippen molar-refractivity contribution in [1.29, 1.82) is 5.26 Å². The molecule has 5 nitrogen and oxygen atoms in total. The fourth-order valence-electron chi connectivity index (χ4n) is 2.94. The van der Waals surface area contributed by atoms with E-state index in [1.165, 1.54) is 21.4 Å². The third-order valence-electron chi connectivity index (χ3n) is 4.15. The number of alkyl halides is 2. The summed E-state index contributed by atoms with van der Waals surface area (Å²) in [5, 5.41) is 9.03. The number of rotatable bonds is 5. The first-order valence-corrected chi connectivity index (χ1v) is 9.37. The van der Waals surface area contributed by atoms with Gasteiger partial charge in [0.25, 0.3) is 5.66 Å². The van der Waals surface area contributed by atoms with Gasteiger partial charge in [0.05, 0.1) is 17.7 Å². The molecule has 0 spiro atoms. The van der Waals surface area contributed by atoms with Gasteiger partial charge in [0, 0.05) is 24.3 Å². The van der Waals surface area contributed by atoms with Crippen LogP contribution in [0.3, 0.4) is 0 Å². The predicted molar refractivity (Wildman–Crippen MR) is 102 cm³/mol. The minimum absolute atomic E-state index is 0.0330. The number of carbonyl (C=O) groups excluding carboxylic acids is 1. The van der Waals surface area contributed by atoms with E-state index in [2.05, 4.69) is 0 Å². The van der Waals surface area contributed by atoms with E-state index in [1.807, 2.05) is 11.0 Å². The third-order valence-corrected chi connectivity index (χ3v) is 4.46. The predicted octanol–water partition coefficient (Wildman–Crippen LogP) is 3.81. The Bertz CT molecular complexity index is 715. The molecule has 0 bridgehead atoms. The van der Waals surface area contributed by atoms with Crippen molar-refractivity contribution < 1.29 is 23.0 Å². The second-order valence-corrected chi connectivity index (χ2v) is 8.27. The Morgan fingerprint density at radius 3 is 2.48 bits per heavy atom. The van der Waals surface area contributed by atoms with Gasteiger partial charge in [-0.25, -0.2) is 4.79 Å². The van der Waals surface area contributed by atoms with E-state index in [1.54, 1.807) is 26.8 Å². The second kappa shape index (κ2) is 8.50. The topological polar surface area (TPSA) is 62.6 Å². The summed E-state index contributed by atoms with van der Waals surface area (Å²) in [6.07, 6.45) is 1.28. The number of benzene rings is 1. The normalized spacial score (nSPS) is 16.1. The lowest BCUT2D eigenvalue weighted by Gasteiger charge is -2.34. The van der Waals surface area contributed by atoms with Crippen molar-refractivity contribution in [2.45, 2.75) is 51.0 Å². The Kier molecular flexibility index (Phi) is 6.77. The molecule has 8 heteroatoms. The lowest BCUT2D eigenvalue weighted by Crippen LogP contribution is -2.38. The summed E-state index contributed by atoms with van der Waals surface area (Å²) in [5.74, 6) is -0.399. The highest BCUT2D eigenvalue weighted by atomic mass is 31.0. The lowest BCUT2D eigenvalue weighted by molar-refractivity contribution is -0.162. The number of carbonyl (C=O) groups is 1. The molecule has 1 heterocycles. The van der Waals surface area contributed by atoms with Gasteiger partial charge in [-0.2, -0.15) is 14.0 Å². The number of piperidine rings is 1. The van der Waals surface area contributed by atoms with Crippen LogP contribution in [-0.2, 0) is 19.9 Å². The zero-order valence-electron chi connectivity index (χ0n) is 15.8. The Morgan fingerprint density at radius 1 is 1.33 bits per heavy atom. The molecule has 0 aliphatic carbocycles. The summed E-state index contributed by atoms with van der Waals surface area (Å²) in [5.41, 5.74) is -3.38. The minimum atomic E-state index is -3.16. The Balaban J connectivity index is 1.92. The Labute approximate surface area is 160 Å². The molecule has 2 rings (SSSR count). The van der Waals surface area contributed by atoms with E-state index in [0.717, 1.165) is 0 Å². The fraction of sp³-hybridized carbons (Fsp3) is 0.579. The van der Waals surface area contributed by atoms with Crippen LogP contribution in [0.4, 0.5) is 14.5 Å². The minimum Gasteiger partial charge on any atom is -0.458 e. The molecule has 1 aliphatic heterocycles. The maximum absolute atomic E-state index is 13.7. The molecule has 1 aromatic rings. The number of hydrogen-bond acceptors (Lipinski definition) is 5. The molecule has 0 aromatic heterocycles. The van der Waals surface area contributed by atoms with Gasteiger partial charge in [-0.05, 0) is 51.8 Å². The average Bonchev–Trinajstić information content (AvgIpc) is 2.57. The van der Waals surface area contributed by atoms with E-state index in [9.17, 15) is 13.6 Å². The maximum Gasteiger partial charge on any atom is 0.332 e. The van der Waals surface area contributed by atoms with Crippen LogP contribution in [0.2, 0.25) is 0 Å². The molecule has 1 unspecified atom stereocenters. The second-order valence-electron chi connectivity index (χ2n) is 7.55. The lowest BCUT2D eigenvalue weighted by atomic mass is 10.0. The number of nitriles is 1. The highest BCUT2D eigenvalue weighted by molar-refractivity contribution is 7.17. The maximum atomic E-state index is 13.7. The van der Waals surface area contributed by atoms with Crippen molar-refractivity contribution in [2.24, 2.45) is 0 Å². The quantitative estimate of drug-likeness (QED) is 0.558. The number of nitrogens with zero attached hydrogens (tertiary/aromatic N) is 2. The van der Waals surface area contributed by atoms with Gasteiger partial charge >= 0.3 is 5.97 Å². The molecule has 0 saturated carbocycles. The number of hydrogen-bond donors (Lipinski definition) is 0. The van der Waals surface area contributed by atoms with Gasteiger partial charge < -0.3 is 14.4 Å². The molecular weight excluding hydrogens is 373 g/mol. The summed E-state index contributed by atoms with van der Waals surface area (Å²) in [6, 6.07) is 6.28. The molecule has 1 saturated heterocycles. The van der Waals surface area contributed by atoms with E-state index in [-0.39, 0.29) is 23.8 Å². The van der Waals surface area contributed by atoms with Gasteiger partial charge in [0.15, 0.2) is 0 Å². The summed E-state index contributed by atoms with van der Waals surface area (Å²) >= 11 is 0. The molecule has 1 atom stereocenters. The summed E-state index contributed by atoms with van der Waals surface area (Å²) in [4.78, 5) is 13.7. The van der Waals surface area contributed by atoms with Gasteiger partial charge in [0.1, 0.15) is 12.2 Å². The molecule has 1 aromatic carbocycles. The Morgan fingerprint density at radius 2 is 1.96 bits per heavy atom. The Hall–Kier alpha value is -1.77. The number of ether oxygens (including phenoxy) is 2. The van der Waals surface area contributed by atoms with Crippen molar-refractivity contribution in [3.63, 3.8) is 0 Å². The number of esters is 1.